The van der Waals surface area contributed by atoms with E-state index in [-0.39, 0.29) is 5.91 Å². The molecule has 0 radical (unpaired) electrons. The van der Waals surface area contributed by atoms with Gasteiger partial charge in [-0.1, -0.05) is 0 Å². The molecule has 5 heteroatoms. The van der Waals surface area contributed by atoms with E-state index in [1.165, 1.54) is 17.2 Å². The number of carbonyl (C=O) groups excluding carboxylic acids is 1. The number of carbonyl (C=O) groups is 1. The van der Waals surface area contributed by atoms with Crippen LogP contribution in [0.1, 0.15) is 10.4 Å². The number of anilines is 1. The first-order valence-electron chi connectivity index (χ1n) is 4.98. The molecule has 0 unspecified atom stereocenters. The quantitative estimate of drug-likeness (QED) is 0.741. The molecule has 0 saturated heterocycles. The van der Waals surface area contributed by atoms with E-state index in [0.29, 0.717) is 11.3 Å². The van der Waals surface area contributed by atoms with Gasteiger partial charge in [0.25, 0.3) is 5.91 Å². The molecule has 0 spiro atoms. The van der Waals surface area contributed by atoms with Gasteiger partial charge in [0.05, 0.1) is 17.4 Å². The highest BCUT2D eigenvalue weighted by molar-refractivity contribution is 6.05. The minimum atomic E-state index is -0.606. The van der Waals surface area contributed by atoms with Crippen molar-refractivity contribution in [2.24, 2.45) is 0 Å². The standard InChI is InChI=1S/C12H10FN3O/c1-16(10-3-2-6-14-8-10)12(17)9-4-5-11(13)15-7-9/h2-8H,1H3. The minimum Gasteiger partial charge on any atom is -0.310 e. The molecular weight excluding hydrogens is 221 g/mol. The summed E-state index contributed by atoms with van der Waals surface area (Å²) in [4.78, 5) is 20.8. The van der Waals surface area contributed by atoms with Gasteiger partial charge in [-0.3, -0.25) is 9.78 Å². The van der Waals surface area contributed by atoms with Crippen LogP contribution in [-0.4, -0.2) is 22.9 Å². The predicted molar refractivity (Wildman–Crippen MR) is 61.2 cm³/mol. The Morgan fingerprint density at radius 1 is 1.29 bits per heavy atom. The van der Waals surface area contributed by atoms with Gasteiger partial charge in [-0.2, -0.15) is 4.39 Å². The number of amides is 1. The molecule has 0 fully saturated rings. The van der Waals surface area contributed by atoms with Crippen LogP contribution >= 0.6 is 0 Å². The number of hydrogen-bond donors (Lipinski definition) is 0. The first-order valence-corrected chi connectivity index (χ1v) is 4.98. The zero-order valence-electron chi connectivity index (χ0n) is 9.17. The third-order valence-corrected chi connectivity index (χ3v) is 2.31. The molecule has 17 heavy (non-hydrogen) atoms. The van der Waals surface area contributed by atoms with E-state index >= 15 is 0 Å². The molecule has 0 aliphatic rings. The van der Waals surface area contributed by atoms with Crippen LogP contribution in [0.3, 0.4) is 0 Å². The Hall–Kier alpha value is -2.30. The second kappa shape index (κ2) is 4.69. The van der Waals surface area contributed by atoms with Gasteiger partial charge in [-0.05, 0) is 24.3 Å². The highest BCUT2D eigenvalue weighted by atomic mass is 19.1. The number of aromatic nitrogens is 2. The Labute approximate surface area is 97.7 Å². The van der Waals surface area contributed by atoms with Crippen LogP contribution in [0.15, 0.2) is 42.9 Å². The maximum absolute atomic E-state index is 12.6. The van der Waals surface area contributed by atoms with E-state index in [9.17, 15) is 9.18 Å². The zero-order chi connectivity index (χ0) is 12.3. The smallest absolute Gasteiger partial charge is 0.259 e. The summed E-state index contributed by atoms with van der Waals surface area (Å²) in [7, 11) is 1.63. The van der Waals surface area contributed by atoms with Crippen molar-refractivity contribution in [1.29, 1.82) is 0 Å². The zero-order valence-corrected chi connectivity index (χ0v) is 9.17. The molecule has 0 aromatic carbocycles. The van der Waals surface area contributed by atoms with Gasteiger partial charge in [-0.25, -0.2) is 4.98 Å². The Morgan fingerprint density at radius 3 is 2.71 bits per heavy atom. The monoisotopic (exact) mass is 231 g/mol. The lowest BCUT2D eigenvalue weighted by atomic mass is 10.2. The summed E-state index contributed by atoms with van der Waals surface area (Å²) >= 11 is 0. The van der Waals surface area contributed by atoms with Gasteiger partial charge >= 0.3 is 0 Å². The lowest BCUT2D eigenvalue weighted by Crippen LogP contribution is -2.26. The second-order valence-corrected chi connectivity index (χ2v) is 3.44. The molecule has 2 aromatic rings. The van der Waals surface area contributed by atoms with E-state index in [1.54, 1.807) is 31.6 Å². The van der Waals surface area contributed by atoms with Gasteiger partial charge in [0.15, 0.2) is 0 Å². The summed E-state index contributed by atoms with van der Waals surface area (Å²) in [5, 5.41) is 0. The van der Waals surface area contributed by atoms with Crippen molar-refractivity contribution in [3.63, 3.8) is 0 Å². The van der Waals surface area contributed by atoms with Crippen molar-refractivity contribution in [3.8, 4) is 0 Å². The molecule has 2 rings (SSSR count). The van der Waals surface area contributed by atoms with Crippen molar-refractivity contribution in [3.05, 3.63) is 54.4 Å². The number of hydrogen-bond acceptors (Lipinski definition) is 3. The van der Waals surface area contributed by atoms with Gasteiger partial charge in [0.1, 0.15) is 0 Å². The molecule has 0 aliphatic carbocycles. The minimum absolute atomic E-state index is 0.259. The lowest BCUT2D eigenvalue weighted by Gasteiger charge is -2.16. The molecule has 4 nitrogen and oxygen atoms in total. The Bertz CT molecular complexity index is 513. The fraction of sp³-hybridized carbons (Fsp3) is 0.0833. The van der Waals surface area contributed by atoms with Gasteiger partial charge in [0, 0.05) is 19.4 Å². The normalized spacial score (nSPS) is 10.0. The van der Waals surface area contributed by atoms with E-state index < -0.39 is 5.95 Å². The van der Waals surface area contributed by atoms with Crippen molar-refractivity contribution in [2.45, 2.75) is 0 Å². The molecule has 86 valence electrons. The maximum Gasteiger partial charge on any atom is 0.259 e. The van der Waals surface area contributed by atoms with Crippen LogP contribution in [0, 0.1) is 5.95 Å². The van der Waals surface area contributed by atoms with Crippen LogP contribution in [0.2, 0.25) is 0 Å². The van der Waals surface area contributed by atoms with Crippen molar-refractivity contribution in [1.82, 2.24) is 9.97 Å². The Balaban J connectivity index is 2.23. The van der Waals surface area contributed by atoms with Crippen molar-refractivity contribution >= 4 is 11.6 Å². The molecule has 2 heterocycles. The van der Waals surface area contributed by atoms with Crippen molar-refractivity contribution < 1.29 is 9.18 Å². The highest BCUT2D eigenvalue weighted by Gasteiger charge is 2.13. The molecule has 0 saturated carbocycles. The Morgan fingerprint density at radius 2 is 2.12 bits per heavy atom. The van der Waals surface area contributed by atoms with Crippen molar-refractivity contribution in [2.75, 3.05) is 11.9 Å². The fourth-order valence-corrected chi connectivity index (χ4v) is 1.37. The number of nitrogens with zero attached hydrogens (tertiary/aromatic N) is 3. The SMILES string of the molecule is CN(C(=O)c1ccc(F)nc1)c1cccnc1. The number of pyridine rings is 2. The first-order chi connectivity index (χ1) is 8.18. The Kier molecular flexibility index (Phi) is 3.09. The summed E-state index contributed by atoms with van der Waals surface area (Å²) < 4.78 is 12.6. The van der Waals surface area contributed by atoms with Gasteiger partial charge < -0.3 is 4.90 Å². The third kappa shape index (κ3) is 2.44. The van der Waals surface area contributed by atoms with Crippen LogP contribution < -0.4 is 4.90 Å². The van der Waals surface area contributed by atoms with E-state index in [2.05, 4.69) is 9.97 Å². The van der Waals surface area contributed by atoms with Crippen LogP contribution in [0.4, 0.5) is 10.1 Å². The summed E-state index contributed by atoms with van der Waals surface area (Å²) in [6, 6.07) is 6.06. The molecule has 0 aliphatic heterocycles. The predicted octanol–water partition coefficient (Wildman–Crippen LogP) is 1.89. The third-order valence-electron chi connectivity index (χ3n) is 2.31. The summed E-state index contributed by atoms with van der Waals surface area (Å²) in [6.45, 7) is 0. The van der Waals surface area contributed by atoms with Gasteiger partial charge in [0.2, 0.25) is 5.95 Å². The summed E-state index contributed by atoms with van der Waals surface area (Å²) in [5.74, 6) is -0.865. The van der Waals surface area contributed by atoms with Gasteiger partial charge in [-0.15, -0.1) is 0 Å². The lowest BCUT2D eigenvalue weighted by molar-refractivity contribution is 0.0992. The van der Waals surface area contributed by atoms with Crippen LogP contribution in [-0.2, 0) is 0 Å². The average Bonchev–Trinajstić information content (AvgIpc) is 2.39. The molecule has 0 N–H and O–H groups in total. The number of rotatable bonds is 2. The van der Waals surface area contributed by atoms with E-state index in [4.69, 9.17) is 0 Å². The van der Waals surface area contributed by atoms with E-state index in [1.807, 2.05) is 0 Å². The topological polar surface area (TPSA) is 46.1 Å². The molecule has 0 atom stereocenters. The second-order valence-electron chi connectivity index (χ2n) is 3.44. The van der Waals surface area contributed by atoms with E-state index in [0.717, 1.165) is 6.07 Å². The fourth-order valence-electron chi connectivity index (χ4n) is 1.37. The highest BCUT2D eigenvalue weighted by Crippen LogP contribution is 2.13. The molecule has 0 bridgehead atoms. The summed E-state index contributed by atoms with van der Waals surface area (Å²) in [6.07, 6.45) is 4.42. The molecule has 2 aromatic heterocycles. The average molecular weight is 231 g/mol. The summed E-state index contributed by atoms with van der Waals surface area (Å²) in [5.41, 5.74) is 1.000. The molecular formula is C12H10FN3O. The maximum atomic E-state index is 12.6. The number of halogens is 1. The van der Waals surface area contributed by atoms with Crippen LogP contribution in [0.25, 0.3) is 0 Å². The molecule has 1 amide bonds. The first kappa shape index (κ1) is 11.2. The van der Waals surface area contributed by atoms with Crippen LogP contribution in [0.5, 0.6) is 0 Å². The largest absolute Gasteiger partial charge is 0.310 e.